The molecule has 0 bridgehead atoms. The van der Waals surface area contributed by atoms with Gasteiger partial charge in [0, 0.05) is 30.8 Å². The van der Waals surface area contributed by atoms with Crippen LogP contribution in [-0.4, -0.2) is 46.3 Å². The van der Waals surface area contributed by atoms with Crippen LogP contribution in [0, 0.1) is 5.41 Å². The highest BCUT2D eigenvalue weighted by atomic mass is 32.2. The van der Waals surface area contributed by atoms with E-state index >= 15 is 0 Å². The van der Waals surface area contributed by atoms with Gasteiger partial charge in [0.2, 0.25) is 16.9 Å². The van der Waals surface area contributed by atoms with E-state index in [1.165, 1.54) is 13.8 Å². The summed E-state index contributed by atoms with van der Waals surface area (Å²) >= 11 is 4.94. The van der Waals surface area contributed by atoms with Crippen molar-refractivity contribution in [3.05, 3.63) is 0 Å². The van der Waals surface area contributed by atoms with Crippen LogP contribution >= 0.6 is 24.4 Å². The number of Topliss-reactive ketones (excluding diaryl/α,β-unsaturated/α-hetero) is 1. The van der Waals surface area contributed by atoms with Gasteiger partial charge in [-0.2, -0.15) is 12.6 Å². The first-order valence-electron chi connectivity index (χ1n) is 6.85. The summed E-state index contributed by atoms with van der Waals surface area (Å²) in [5.41, 5.74) is -0.628. The topological polar surface area (TPSA) is 92.3 Å². The Morgan fingerprint density at radius 1 is 1.00 bits per heavy atom. The SMILES string of the molecule is CC(=O)NC(CS)C(=O)SCC(NC(C)=O)C(=O)C(C)(C)C. The Hall–Kier alpha value is -1.02. The number of thiol groups is 1. The first-order valence-corrected chi connectivity index (χ1v) is 8.46. The molecule has 0 aromatic heterocycles. The lowest BCUT2D eigenvalue weighted by atomic mass is 9.87. The number of amides is 2. The molecule has 0 radical (unpaired) electrons. The normalized spacial score (nSPS) is 13.9. The Morgan fingerprint density at radius 2 is 1.45 bits per heavy atom. The summed E-state index contributed by atoms with van der Waals surface area (Å²) < 4.78 is 0. The van der Waals surface area contributed by atoms with Crippen LogP contribution < -0.4 is 10.6 Å². The van der Waals surface area contributed by atoms with Gasteiger partial charge in [-0.25, -0.2) is 0 Å². The van der Waals surface area contributed by atoms with Gasteiger partial charge in [-0.15, -0.1) is 0 Å². The van der Waals surface area contributed by atoms with Gasteiger partial charge in [-0.05, 0) is 0 Å². The third kappa shape index (κ3) is 7.84. The molecule has 8 heteroatoms. The van der Waals surface area contributed by atoms with E-state index in [4.69, 9.17) is 0 Å². The van der Waals surface area contributed by atoms with E-state index in [1.54, 1.807) is 20.8 Å². The quantitative estimate of drug-likeness (QED) is 0.592. The van der Waals surface area contributed by atoms with Crippen molar-refractivity contribution in [1.82, 2.24) is 10.6 Å². The van der Waals surface area contributed by atoms with E-state index in [1.807, 2.05) is 0 Å². The van der Waals surface area contributed by atoms with Crippen LogP contribution in [0.15, 0.2) is 0 Å². The smallest absolute Gasteiger partial charge is 0.217 e. The molecule has 126 valence electrons. The zero-order valence-electron chi connectivity index (χ0n) is 13.6. The number of thioether (sulfide) groups is 1. The Balaban J connectivity index is 4.81. The van der Waals surface area contributed by atoms with Crippen molar-refractivity contribution < 1.29 is 19.2 Å². The molecule has 6 nitrogen and oxygen atoms in total. The number of hydrogen-bond donors (Lipinski definition) is 3. The molecule has 22 heavy (non-hydrogen) atoms. The minimum Gasteiger partial charge on any atom is -0.346 e. The van der Waals surface area contributed by atoms with Gasteiger partial charge < -0.3 is 10.6 Å². The molecule has 0 aliphatic carbocycles. The van der Waals surface area contributed by atoms with Crippen molar-refractivity contribution in [2.24, 2.45) is 5.41 Å². The minimum atomic E-state index is -0.746. The van der Waals surface area contributed by atoms with Crippen molar-refractivity contribution in [3.8, 4) is 0 Å². The molecule has 0 saturated heterocycles. The summed E-state index contributed by atoms with van der Waals surface area (Å²) in [6.45, 7) is 7.90. The van der Waals surface area contributed by atoms with Crippen LogP contribution in [0.1, 0.15) is 34.6 Å². The summed E-state index contributed by atoms with van der Waals surface area (Å²) in [6, 6.07) is -1.46. The molecule has 0 aliphatic heterocycles. The lowest BCUT2D eigenvalue weighted by Crippen LogP contribution is -2.47. The molecule has 0 heterocycles. The molecular formula is C14H24N2O4S2. The summed E-state index contributed by atoms with van der Waals surface area (Å²) in [7, 11) is 0. The van der Waals surface area contributed by atoms with Gasteiger partial charge in [0.25, 0.3) is 0 Å². The fourth-order valence-corrected chi connectivity index (χ4v) is 2.93. The van der Waals surface area contributed by atoms with Crippen molar-refractivity contribution in [2.75, 3.05) is 11.5 Å². The second-order valence-corrected chi connectivity index (χ2v) is 7.32. The van der Waals surface area contributed by atoms with Gasteiger partial charge in [-0.1, -0.05) is 32.5 Å². The van der Waals surface area contributed by atoms with E-state index in [2.05, 4.69) is 23.3 Å². The molecule has 0 aliphatic rings. The van der Waals surface area contributed by atoms with E-state index in [9.17, 15) is 19.2 Å². The van der Waals surface area contributed by atoms with E-state index in [0.717, 1.165) is 11.8 Å². The highest BCUT2D eigenvalue weighted by Crippen LogP contribution is 2.20. The number of rotatable bonds is 7. The van der Waals surface area contributed by atoms with Crippen LogP contribution in [0.25, 0.3) is 0 Å². The molecule has 2 atom stereocenters. The largest absolute Gasteiger partial charge is 0.346 e. The maximum atomic E-state index is 12.3. The number of carbonyl (C=O) groups excluding carboxylic acids is 4. The third-order valence-electron chi connectivity index (χ3n) is 2.67. The average molecular weight is 348 g/mol. The molecule has 0 fully saturated rings. The molecule has 2 unspecified atom stereocenters. The standard InChI is InChI=1S/C14H24N2O4S2/c1-8(17)15-10(6-21)13(20)22-7-11(16-9(2)18)12(19)14(3,4)5/h10-11,21H,6-7H2,1-5H3,(H,15,17)(H,16,18). The molecule has 2 N–H and O–H groups in total. The Morgan fingerprint density at radius 3 is 1.82 bits per heavy atom. The highest BCUT2D eigenvalue weighted by Gasteiger charge is 2.31. The molecular weight excluding hydrogens is 324 g/mol. The van der Waals surface area contributed by atoms with E-state index in [0.29, 0.717) is 0 Å². The average Bonchev–Trinajstić information content (AvgIpc) is 2.37. The van der Waals surface area contributed by atoms with Crippen LogP contribution in [0.5, 0.6) is 0 Å². The van der Waals surface area contributed by atoms with Crippen LogP contribution in [0.2, 0.25) is 0 Å². The third-order valence-corrected chi connectivity index (χ3v) is 4.10. The molecule has 2 amide bonds. The lowest BCUT2D eigenvalue weighted by Gasteiger charge is -2.25. The van der Waals surface area contributed by atoms with Gasteiger partial charge in [0.15, 0.2) is 5.78 Å². The number of nitrogens with one attached hydrogen (secondary N) is 2. The Labute approximate surface area is 141 Å². The van der Waals surface area contributed by atoms with Crippen molar-refractivity contribution >= 4 is 47.1 Å². The number of ketones is 1. The molecule has 0 spiro atoms. The molecule has 0 saturated carbocycles. The summed E-state index contributed by atoms with van der Waals surface area (Å²) in [4.78, 5) is 46.6. The lowest BCUT2D eigenvalue weighted by molar-refractivity contribution is -0.131. The Kier molecular flexibility index (Phi) is 8.77. The zero-order chi connectivity index (χ0) is 17.5. The minimum absolute atomic E-state index is 0.123. The zero-order valence-corrected chi connectivity index (χ0v) is 15.3. The van der Waals surface area contributed by atoms with E-state index < -0.39 is 17.5 Å². The predicted molar refractivity (Wildman–Crippen MR) is 91.0 cm³/mol. The molecule has 0 aromatic carbocycles. The Bertz CT molecular complexity index is 447. The van der Waals surface area contributed by atoms with Crippen molar-refractivity contribution in [2.45, 2.75) is 46.7 Å². The van der Waals surface area contributed by atoms with Gasteiger partial charge in [0.05, 0.1) is 6.04 Å². The van der Waals surface area contributed by atoms with Crippen molar-refractivity contribution in [3.63, 3.8) is 0 Å². The summed E-state index contributed by atoms with van der Waals surface area (Å²) in [6.07, 6.45) is 0. The second kappa shape index (κ2) is 9.19. The fraction of sp³-hybridized carbons (Fsp3) is 0.714. The van der Waals surface area contributed by atoms with Crippen LogP contribution in [-0.2, 0) is 19.2 Å². The number of hydrogen-bond acceptors (Lipinski definition) is 6. The monoisotopic (exact) mass is 348 g/mol. The van der Waals surface area contributed by atoms with Crippen LogP contribution in [0.3, 0.4) is 0 Å². The highest BCUT2D eigenvalue weighted by molar-refractivity contribution is 8.13. The first-order chi connectivity index (χ1) is 9.98. The van der Waals surface area contributed by atoms with E-state index in [-0.39, 0.29) is 34.2 Å². The van der Waals surface area contributed by atoms with Gasteiger partial charge in [0.1, 0.15) is 6.04 Å². The van der Waals surface area contributed by atoms with Crippen LogP contribution in [0.4, 0.5) is 0 Å². The maximum Gasteiger partial charge on any atom is 0.217 e. The second-order valence-electron chi connectivity index (χ2n) is 5.93. The fourth-order valence-electron chi connectivity index (χ4n) is 1.64. The summed E-state index contributed by atoms with van der Waals surface area (Å²) in [5.74, 6) is -0.507. The molecule has 0 rings (SSSR count). The first kappa shape index (κ1) is 21.0. The molecule has 0 aromatic rings. The van der Waals surface area contributed by atoms with Gasteiger partial charge in [-0.3, -0.25) is 19.2 Å². The number of carbonyl (C=O) groups is 4. The van der Waals surface area contributed by atoms with Gasteiger partial charge >= 0.3 is 0 Å². The maximum absolute atomic E-state index is 12.3. The van der Waals surface area contributed by atoms with Crippen molar-refractivity contribution in [1.29, 1.82) is 0 Å². The predicted octanol–water partition coefficient (Wildman–Crippen LogP) is 0.801. The summed E-state index contributed by atoms with van der Waals surface area (Å²) in [5, 5.41) is 4.78.